The number of aliphatic carboxylic acids is 1. The minimum absolute atomic E-state index is 0. The van der Waals surface area contributed by atoms with Gasteiger partial charge in [-0.05, 0) is 11.8 Å². The van der Waals surface area contributed by atoms with E-state index in [1.165, 1.54) is 5.56 Å². The minimum Gasteiger partial charge on any atom is -1.00 e. The second-order valence-corrected chi connectivity index (χ2v) is 5.59. The Bertz CT molecular complexity index is 507. The molecule has 0 amide bonds. The van der Waals surface area contributed by atoms with Gasteiger partial charge in [0.25, 0.3) is 0 Å². The molecule has 19 heavy (non-hydrogen) atoms. The van der Waals surface area contributed by atoms with Gasteiger partial charge in [-0.15, -0.1) is 0 Å². The van der Waals surface area contributed by atoms with E-state index < -0.39 is 5.97 Å². The summed E-state index contributed by atoms with van der Waals surface area (Å²) in [4.78, 5) is 13.1. The molecule has 0 spiro atoms. The van der Waals surface area contributed by atoms with Gasteiger partial charge in [0.05, 0.1) is 6.54 Å². The normalized spacial score (nSPS) is 21.3. The fourth-order valence-corrected chi connectivity index (χ4v) is 3.79. The molecule has 0 fully saturated rings. The van der Waals surface area contributed by atoms with Gasteiger partial charge in [0, 0.05) is 11.3 Å². The predicted octanol–water partition coefficient (Wildman–Crippen LogP) is -1.75. The number of thioether (sulfide) groups is 1. The van der Waals surface area contributed by atoms with Crippen LogP contribution >= 0.6 is 11.8 Å². The third kappa shape index (κ3) is 2.79. The molecule has 102 valence electrons. The minimum atomic E-state index is -0.766. The highest BCUT2D eigenvalue weighted by molar-refractivity contribution is 8.13. The van der Waals surface area contributed by atoms with Crippen LogP contribution in [0.15, 0.2) is 30.3 Å². The maximum Gasteiger partial charge on any atom is 0.345 e. The molecule has 0 saturated heterocycles. The van der Waals surface area contributed by atoms with Crippen LogP contribution in [0.4, 0.5) is 0 Å². The molecule has 0 aliphatic carbocycles. The molecule has 0 radical (unpaired) electrons. The van der Waals surface area contributed by atoms with Gasteiger partial charge in [0.2, 0.25) is 0 Å². The smallest absolute Gasteiger partial charge is 0.345 e. The van der Waals surface area contributed by atoms with Crippen molar-refractivity contribution in [3.8, 4) is 0 Å². The molecule has 2 heterocycles. The van der Waals surface area contributed by atoms with Crippen molar-refractivity contribution in [3.05, 3.63) is 35.9 Å². The van der Waals surface area contributed by atoms with Gasteiger partial charge in [-0.3, -0.25) is 4.58 Å². The van der Waals surface area contributed by atoms with Gasteiger partial charge in [-0.1, -0.05) is 30.3 Å². The van der Waals surface area contributed by atoms with Crippen molar-refractivity contribution < 1.29 is 31.5 Å². The lowest BCUT2D eigenvalue weighted by Crippen LogP contribution is -3.00. The van der Waals surface area contributed by atoms with Gasteiger partial charge in [-0.25, -0.2) is 9.69 Å². The molecule has 1 aromatic carbocycles. The van der Waals surface area contributed by atoms with Gasteiger partial charge >= 0.3 is 11.1 Å². The first-order chi connectivity index (χ1) is 8.75. The van der Waals surface area contributed by atoms with Crippen molar-refractivity contribution in [1.82, 2.24) is 4.90 Å². The zero-order chi connectivity index (χ0) is 12.5. The number of carboxylic acid groups (broad SMARTS) is 1. The Morgan fingerprint density at radius 2 is 2.16 bits per heavy atom. The van der Waals surface area contributed by atoms with E-state index in [-0.39, 0.29) is 29.6 Å². The quantitative estimate of drug-likeness (QED) is 0.661. The summed E-state index contributed by atoms with van der Waals surface area (Å²) in [6, 6.07) is 10.3. The van der Waals surface area contributed by atoms with Crippen molar-refractivity contribution in [2.45, 2.75) is 6.04 Å². The average molecular weight is 343 g/mol. The zero-order valence-corrected chi connectivity index (χ0v) is 12.7. The van der Waals surface area contributed by atoms with Crippen LogP contribution in [-0.2, 0) is 4.79 Å². The monoisotopic (exact) mass is 342 g/mol. The molecule has 1 unspecified atom stereocenters. The molecule has 1 atom stereocenters. The van der Waals surface area contributed by atoms with Crippen LogP contribution in [0, 0.1) is 0 Å². The van der Waals surface area contributed by atoms with Crippen LogP contribution < -0.4 is 17.0 Å². The van der Waals surface area contributed by atoms with Crippen molar-refractivity contribution in [1.29, 1.82) is 0 Å². The number of halogens is 1. The predicted molar refractivity (Wildman–Crippen MR) is 71.0 cm³/mol. The lowest BCUT2D eigenvalue weighted by atomic mass is 10.1. The van der Waals surface area contributed by atoms with Crippen molar-refractivity contribution >= 4 is 22.9 Å². The number of amidine groups is 1. The molecule has 4 nitrogen and oxygen atoms in total. The van der Waals surface area contributed by atoms with E-state index in [4.69, 9.17) is 5.11 Å². The van der Waals surface area contributed by atoms with E-state index in [0.717, 1.165) is 24.0 Å². The summed E-state index contributed by atoms with van der Waals surface area (Å²) in [6.07, 6.45) is 0. The van der Waals surface area contributed by atoms with Crippen LogP contribution in [-0.4, -0.2) is 51.1 Å². The largest absolute Gasteiger partial charge is 1.00 e. The molecular formula is C13H15BrN2O2S. The van der Waals surface area contributed by atoms with E-state index >= 15 is 0 Å². The van der Waals surface area contributed by atoms with Gasteiger partial charge in [0.15, 0.2) is 12.6 Å². The van der Waals surface area contributed by atoms with E-state index in [2.05, 4.69) is 16.7 Å². The summed E-state index contributed by atoms with van der Waals surface area (Å²) in [5.41, 5.74) is 1.20. The third-order valence-corrected chi connectivity index (χ3v) is 4.51. The topological polar surface area (TPSA) is 43.5 Å². The molecule has 3 rings (SSSR count). The molecule has 1 N–H and O–H groups in total. The maximum atomic E-state index is 11.0. The first-order valence-corrected chi connectivity index (χ1v) is 7.02. The number of nitrogens with zero attached hydrogens (tertiary/aromatic N) is 2. The number of hydrogen-bond donors (Lipinski definition) is 1. The van der Waals surface area contributed by atoms with Crippen molar-refractivity contribution in [2.75, 3.05) is 25.4 Å². The zero-order valence-electron chi connectivity index (χ0n) is 10.3. The Labute approximate surface area is 126 Å². The second-order valence-electron chi connectivity index (χ2n) is 4.53. The first-order valence-electron chi connectivity index (χ1n) is 6.04. The lowest BCUT2D eigenvalue weighted by molar-refractivity contribution is -0.511. The SMILES string of the molecule is O=C(O)CN1C2=[N+](CCS2)CC1c1ccccc1.[Br-]. The summed E-state index contributed by atoms with van der Waals surface area (Å²) in [7, 11) is 0. The van der Waals surface area contributed by atoms with E-state index in [1.807, 2.05) is 23.1 Å². The lowest BCUT2D eigenvalue weighted by Gasteiger charge is -2.18. The summed E-state index contributed by atoms with van der Waals surface area (Å²) in [6.45, 7) is 2.01. The van der Waals surface area contributed by atoms with Crippen molar-refractivity contribution in [2.24, 2.45) is 0 Å². The summed E-state index contributed by atoms with van der Waals surface area (Å²) < 4.78 is 2.30. The molecule has 2 aliphatic heterocycles. The third-order valence-electron chi connectivity index (χ3n) is 3.37. The van der Waals surface area contributed by atoms with Crippen LogP contribution in [0.25, 0.3) is 0 Å². The van der Waals surface area contributed by atoms with Gasteiger partial charge in [-0.2, -0.15) is 0 Å². The van der Waals surface area contributed by atoms with Crippen LogP contribution in [0.5, 0.6) is 0 Å². The number of hydrogen-bond acceptors (Lipinski definition) is 3. The highest BCUT2D eigenvalue weighted by Gasteiger charge is 2.44. The Balaban J connectivity index is 0.00000133. The molecule has 1 aromatic rings. The Morgan fingerprint density at radius 3 is 2.84 bits per heavy atom. The molecule has 0 saturated carbocycles. The molecule has 6 heteroatoms. The average Bonchev–Trinajstić information content (AvgIpc) is 2.93. The summed E-state index contributed by atoms with van der Waals surface area (Å²) in [5, 5.41) is 10.2. The first kappa shape index (κ1) is 14.4. The number of carbonyl (C=O) groups is 1. The highest BCUT2D eigenvalue weighted by Crippen LogP contribution is 2.32. The molecule has 0 bridgehead atoms. The molecular weight excluding hydrogens is 328 g/mol. The van der Waals surface area contributed by atoms with E-state index in [9.17, 15) is 4.79 Å². The van der Waals surface area contributed by atoms with Crippen LogP contribution in [0.2, 0.25) is 0 Å². The Hall–Kier alpha value is -1.01. The molecule has 2 aliphatic rings. The summed E-state index contributed by atoms with van der Waals surface area (Å²) >= 11 is 1.77. The van der Waals surface area contributed by atoms with E-state index in [0.29, 0.717) is 0 Å². The van der Waals surface area contributed by atoms with E-state index in [1.54, 1.807) is 11.8 Å². The number of benzene rings is 1. The fourth-order valence-electron chi connectivity index (χ4n) is 2.59. The maximum absolute atomic E-state index is 11.0. The number of rotatable bonds is 3. The van der Waals surface area contributed by atoms with Crippen LogP contribution in [0.1, 0.15) is 11.6 Å². The molecule has 0 aromatic heterocycles. The van der Waals surface area contributed by atoms with Crippen LogP contribution in [0.3, 0.4) is 0 Å². The van der Waals surface area contributed by atoms with Gasteiger partial charge < -0.3 is 22.1 Å². The van der Waals surface area contributed by atoms with Gasteiger partial charge in [0.1, 0.15) is 6.54 Å². The highest BCUT2D eigenvalue weighted by atomic mass is 79.9. The number of carboxylic acids is 1. The Kier molecular flexibility index (Phi) is 4.52. The van der Waals surface area contributed by atoms with Crippen molar-refractivity contribution in [3.63, 3.8) is 0 Å². The second kappa shape index (κ2) is 5.96. The summed E-state index contributed by atoms with van der Waals surface area (Å²) in [5.74, 6) is 0.297. The fraction of sp³-hybridized carbons (Fsp3) is 0.385. The Morgan fingerprint density at radius 1 is 1.42 bits per heavy atom. The standard InChI is InChI=1S/C13H14N2O2S.BrH/c16-12(17)9-15-11(10-4-2-1-3-5-10)8-14-6-7-18-13(14)15;/h1-5,11H,6-9H2;1H.